The van der Waals surface area contributed by atoms with Gasteiger partial charge in [-0.25, -0.2) is 4.79 Å². The molecule has 116 valence electrons. The molecule has 21 heavy (non-hydrogen) atoms. The Bertz CT molecular complexity index is 629. The van der Waals surface area contributed by atoms with Crippen LogP contribution in [0.15, 0.2) is 18.2 Å². The second-order valence-corrected chi connectivity index (χ2v) is 6.38. The summed E-state index contributed by atoms with van der Waals surface area (Å²) in [5.74, 6) is -0.571. The Balaban J connectivity index is 2.23. The van der Waals surface area contributed by atoms with Crippen molar-refractivity contribution in [1.29, 1.82) is 0 Å². The summed E-state index contributed by atoms with van der Waals surface area (Å²) in [6, 6.07) is 4.23. The number of carbonyl (C=O) groups excluding carboxylic acids is 1. The molecule has 0 atom stereocenters. The lowest BCUT2D eigenvalue weighted by molar-refractivity contribution is 0.0601. The summed E-state index contributed by atoms with van der Waals surface area (Å²) in [6.45, 7) is 1.22. The lowest BCUT2D eigenvalue weighted by Crippen LogP contribution is -2.43. The Labute approximate surface area is 128 Å². The average Bonchev–Trinajstić information content (AvgIpc) is 2.49. The molecule has 1 heterocycles. The zero-order valence-corrected chi connectivity index (χ0v) is 12.9. The van der Waals surface area contributed by atoms with Crippen molar-refractivity contribution in [1.82, 2.24) is 4.31 Å². The standard InChI is InChI=1S/C12H15ClN2O5S/c1-19-12(16)9-2-3-10(13)11(8-9)14-21(17,18)15-4-6-20-7-5-15/h2-3,8,14H,4-7H2,1H3. The van der Waals surface area contributed by atoms with Crippen LogP contribution in [0.1, 0.15) is 10.4 Å². The fraction of sp³-hybridized carbons (Fsp3) is 0.417. The molecular weight excluding hydrogens is 320 g/mol. The van der Waals surface area contributed by atoms with E-state index in [-0.39, 0.29) is 29.4 Å². The number of methoxy groups -OCH3 is 1. The molecule has 0 unspecified atom stereocenters. The minimum Gasteiger partial charge on any atom is -0.465 e. The van der Waals surface area contributed by atoms with Crippen molar-refractivity contribution in [3.05, 3.63) is 28.8 Å². The lowest BCUT2D eigenvalue weighted by atomic mass is 10.2. The molecule has 1 aliphatic rings. The summed E-state index contributed by atoms with van der Waals surface area (Å²) in [5, 5.41) is 0.194. The van der Waals surface area contributed by atoms with Gasteiger partial charge in [-0.1, -0.05) is 11.6 Å². The van der Waals surface area contributed by atoms with Crippen LogP contribution in [0.5, 0.6) is 0 Å². The molecule has 2 rings (SSSR count). The summed E-state index contributed by atoms with van der Waals surface area (Å²) in [4.78, 5) is 11.5. The van der Waals surface area contributed by atoms with E-state index >= 15 is 0 Å². The van der Waals surface area contributed by atoms with E-state index < -0.39 is 16.2 Å². The third-order valence-electron chi connectivity index (χ3n) is 2.94. The highest BCUT2D eigenvalue weighted by molar-refractivity contribution is 7.90. The van der Waals surface area contributed by atoms with Crippen molar-refractivity contribution in [2.24, 2.45) is 0 Å². The molecule has 0 bridgehead atoms. The van der Waals surface area contributed by atoms with Crippen LogP contribution in [-0.4, -0.2) is 52.1 Å². The van der Waals surface area contributed by atoms with E-state index in [4.69, 9.17) is 16.3 Å². The topological polar surface area (TPSA) is 84.9 Å². The number of nitrogens with zero attached hydrogens (tertiary/aromatic N) is 1. The van der Waals surface area contributed by atoms with Crippen molar-refractivity contribution in [3.63, 3.8) is 0 Å². The molecule has 0 saturated carbocycles. The van der Waals surface area contributed by atoms with E-state index in [0.717, 1.165) is 0 Å². The minimum atomic E-state index is -3.74. The average molecular weight is 335 g/mol. The zero-order valence-electron chi connectivity index (χ0n) is 11.3. The van der Waals surface area contributed by atoms with Crippen LogP contribution in [0.4, 0.5) is 5.69 Å². The van der Waals surface area contributed by atoms with Gasteiger partial charge in [-0.2, -0.15) is 12.7 Å². The molecule has 1 fully saturated rings. The van der Waals surface area contributed by atoms with E-state index in [0.29, 0.717) is 13.2 Å². The van der Waals surface area contributed by atoms with Crippen molar-refractivity contribution in [3.8, 4) is 0 Å². The van der Waals surface area contributed by atoms with Gasteiger partial charge in [0, 0.05) is 13.1 Å². The van der Waals surface area contributed by atoms with Crippen molar-refractivity contribution in [2.75, 3.05) is 38.1 Å². The second-order valence-electron chi connectivity index (χ2n) is 4.30. The van der Waals surface area contributed by atoms with E-state index in [1.807, 2.05) is 0 Å². The van der Waals surface area contributed by atoms with Gasteiger partial charge in [0.2, 0.25) is 0 Å². The molecule has 0 spiro atoms. The molecule has 1 aromatic carbocycles. The number of esters is 1. The molecular formula is C12H15ClN2O5S. The number of ether oxygens (including phenoxy) is 2. The molecule has 0 aliphatic carbocycles. The van der Waals surface area contributed by atoms with Gasteiger partial charge >= 0.3 is 16.2 Å². The third kappa shape index (κ3) is 3.85. The first-order chi connectivity index (χ1) is 9.94. The highest BCUT2D eigenvalue weighted by Crippen LogP contribution is 2.25. The predicted octanol–water partition coefficient (Wildman–Crippen LogP) is 1.12. The molecule has 1 aromatic rings. The molecule has 0 aromatic heterocycles. The van der Waals surface area contributed by atoms with Crippen LogP contribution in [-0.2, 0) is 19.7 Å². The highest BCUT2D eigenvalue weighted by Gasteiger charge is 2.25. The van der Waals surface area contributed by atoms with E-state index in [1.165, 1.54) is 29.6 Å². The van der Waals surface area contributed by atoms with Crippen molar-refractivity contribution in [2.45, 2.75) is 0 Å². The Morgan fingerprint density at radius 2 is 2.05 bits per heavy atom. The monoisotopic (exact) mass is 334 g/mol. The second kappa shape index (κ2) is 6.61. The van der Waals surface area contributed by atoms with Gasteiger partial charge in [0.25, 0.3) is 0 Å². The quantitative estimate of drug-likeness (QED) is 0.834. The van der Waals surface area contributed by atoms with Gasteiger partial charge in [-0.15, -0.1) is 0 Å². The number of morpholine rings is 1. The lowest BCUT2D eigenvalue weighted by Gasteiger charge is -2.26. The number of halogens is 1. The van der Waals surface area contributed by atoms with Gasteiger partial charge in [0.05, 0.1) is 36.6 Å². The molecule has 0 radical (unpaired) electrons. The number of anilines is 1. The number of benzene rings is 1. The maximum absolute atomic E-state index is 12.2. The SMILES string of the molecule is COC(=O)c1ccc(Cl)c(NS(=O)(=O)N2CCOCC2)c1. The smallest absolute Gasteiger partial charge is 0.337 e. The van der Waals surface area contributed by atoms with E-state index in [9.17, 15) is 13.2 Å². The molecule has 1 aliphatic heterocycles. The summed E-state index contributed by atoms with van der Waals surface area (Å²) < 4.78 is 37.8. The Morgan fingerprint density at radius 3 is 2.67 bits per heavy atom. The first kappa shape index (κ1) is 16.0. The van der Waals surface area contributed by atoms with Gasteiger partial charge in [-0.05, 0) is 18.2 Å². The summed E-state index contributed by atoms with van der Waals surface area (Å²) >= 11 is 5.97. The number of hydrogen-bond donors (Lipinski definition) is 1. The third-order valence-corrected chi connectivity index (χ3v) is 4.79. The maximum atomic E-state index is 12.2. The number of rotatable bonds is 4. The van der Waals surface area contributed by atoms with Crippen LogP contribution in [0.3, 0.4) is 0 Å². The summed E-state index contributed by atoms with van der Waals surface area (Å²) in [5.41, 5.74) is 0.340. The van der Waals surface area contributed by atoms with Crippen LogP contribution < -0.4 is 4.72 Å². The van der Waals surface area contributed by atoms with Crippen molar-refractivity contribution >= 4 is 33.5 Å². The van der Waals surface area contributed by atoms with Crippen LogP contribution in [0, 0.1) is 0 Å². The molecule has 9 heteroatoms. The van der Waals surface area contributed by atoms with Crippen LogP contribution >= 0.6 is 11.6 Å². The minimum absolute atomic E-state index is 0.131. The summed E-state index contributed by atoms with van der Waals surface area (Å²) in [6.07, 6.45) is 0. The zero-order chi connectivity index (χ0) is 15.5. The highest BCUT2D eigenvalue weighted by atomic mass is 35.5. The number of hydrogen-bond acceptors (Lipinski definition) is 5. The summed E-state index contributed by atoms with van der Waals surface area (Å²) in [7, 11) is -2.50. The fourth-order valence-corrected chi connectivity index (χ4v) is 3.27. The number of carbonyl (C=O) groups is 1. The Morgan fingerprint density at radius 1 is 1.38 bits per heavy atom. The largest absolute Gasteiger partial charge is 0.465 e. The van der Waals surface area contributed by atoms with E-state index in [2.05, 4.69) is 9.46 Å². The molecule has 1 N–H and O–H groups in total. The van der Waals surface area contributed by atoms with Gasteiger partial charge in [-0.3, -0.25) is 4.72 Å². The fourth-order valence-electron chi connectivity index (χ4n) is 1.84. The Kier molecular flexibility index (Phi) is 5.04. The first-order valence-electron chi connectivity index (χ1n) is 6.17. The normalized spacial score (nSPS) is 16.5. The van der Waals surface area contributed by atoms with Gasteiger partial charge in [0.15, 0.2) is 0 Å². The molecule has 0 amide bonds. The molecule has 1 saturated heterocycles. The number of nitrogens with one attached hydrogen (secondary N) is 1. The predicted molar refractivity (Wildman–Crippen MR) is 77.7 cm³/mol. The van der Waals surface area contributed by atoms with Crippen molar-refractivity contribution < 1.29 is 22.7 Å². The van der Waals surface area contributed by atoms with E-state index in [1.54, 1.807) is 0 Å². The van der Waals surface area contributed by atoms with Crippen LogP contribution in [0.2, 0.25) is 5.02 Å². The van der Waals surface area contributed by atoms with Gasteiger partial charge < -0.3 is 9.47 Å². The first-order valence-corrected chi connectivity index (χ1v) is 7.99. The maximum Gasteiger partial charge on any atom is 0.337 e. The van der Waals surface area contributed by atoms with Gasteiger partial charge in [0.1, 0.15) is 0 Å². The Hall–Kier alpha value is -1.35. The van der Waals surface area contributed by atoms with Crippen LogP contribution in [0.25, 0.3) is 0 Å². The molecule has 7 nitrogen and oxygen atoms in total.